The van der Waals surface area contributed by atoms with Crippen LogP contribution in [0.3, 0.4) is 0 Å². The Morgan fingerprint density at radius 1 is 0.951 bits per heavy atom. The van der Waals surface area contributed by atoms with E-state index in [1.165, 1.54) is 4.57 Å². The minimum atomic E-state index is -0.277. The summed E-state index contributed by atoms with van der Waals surface area (Å²) < 4.78 is 20.1. The van der Waals surface area contributed by atoms with Gasteiger partial charge in [-0.2, -0.15) is 4.98 Å². The Hall–Kier alpha value is -4.12. The smallest absolute Gasteiger partial charge is 0.331 e. The fourth-order valence-corrected chi connectivity index (χ4v) is 5.93. The summed E-state index contributed by atoms with van der Waals surface area (Å²) in [6, 6.07) is 9.30. The molecule has 2 aromatic carbocycles. The van der Waals surface area contributed by atoms with E-state index in [4.69, 9.17) is 24.2 Å². The third kappa shape index (κ3) is 4.88. The van der Waals surface area contributed by atoms with Crippen molar-refractivity contribution in [3.8, 4) is 11.5 Å². The second kappa shape index (κ2) is 11.0. The molecule has 0 unspecified atom stereocenters. The number of anilines is 2. The first-order valence-electron chi connectivity index (χ1n) is 14.2. The van der Waals surface area contributed by atoms with Crippen LogP contribution < -0.4 is 30.5 Å². The third-order valence-electron chi connectivity index (χ3n) is 8.13. The predicted octanol–water partition coefficient (Wildman–Crippen LogP) is 3.04. The average Bonchev–Trinajstić information content (AvgIpc) is 3.00. The van der Waals surface area contributed by atoms with Gasteiger partial charge < -0.3 is 24.0 Å². The number of fused-ring (bicyclic) bond motifs is 2. The first-order chi connectivity index (χ1) is 19.9. The third-order valence-corrected chi connectivity index (χ3v) is 8.13. The van der Waals surface area contributed by atoms with E-state index in [0.717, 1.165) is 35.4 Å². The van der Waals surface area contributed by atoms with Crippen LogP contribution in [-0.4, -0.2) is 72.2 Å². The summed E-state index contributed by atoms with van der Waals surface area (Å²) in [6.07, 6.45) is 1.28. The maximum absolute atomic E-state index is 13.5. The molecule has 0 bridgehead atoms. The van der Waals surface area contributed by atoms with Crippen molar-refractivity contribution >= 4 is 33.6 Å². The van der Waals surface area contributed by atoms with Gasteiger partial charge in [0.1, 0.15) is 5.82 Å². The van der Waals surface area contributed by atoms with Crippen LogP contribution in [0.4, 0.5) is 11.8 Å². The molecule has 0 aliphatic carbocycles. The van der Waals surface area contributed by atoms with Gasteiger partial charge in [-0.1, -0.05) is 11.6 Å². The molecule has 0 saturated carbocycles. The van der Waals surface area contributed by atoms with E-state index < -0.39 is 0 Å². The summed E-state index contributed by atoms with van der Waals surface area (Å²) in [5.74, 6) is 2.73. The second-order valence-electron chi connectivity index (χ2n) is 10.7. The molecular weight excluding hydrogens is 524 g/mol. The van der Waals surface area contributed by atoms with Gasteiger partial charge in [-0.15, -0.1) is 0 Å². The molecule has 2 aliphatic rings. The normalized spacial score (nSPS) is 16.5. The highest BCUT2D eigenvalue weighted by molar-refractivity contribution is 5.93. The maximum atomic E-state index is 13.5. The van der Waals surface area contributed by atoms with Gasteiger partial charge in [0, 0.05) is 50.7 Å². The number of benzene rings is 2. The number of methoxy groups -OCH3 is 1. The van der Waals surface area contributed by atoms with E-state index in [-0.39, 0.29) is 17.3 Å². The van der Waals surface area contributed by atoms with Gasteiger partial charge in [-0.3, -0.25) is 13.9 Å². The Kier molecular flexibility index (Phi) is 7.29. The van der Waals surface area contributed by atoms with Crippen LogP contribution in [-0.2, 0) is 11.8 Å². The summed E-state index contributed by atoms with van der Waals surface area (Å²) in [5.41, 5.74) is 1.92. The Morgan fingerprint density at radius 2 is 1.71 bits per heavy atom. The van der Waals surface area contributed by atoms with Gasteiger partial charge in [-0.25, -0.2) is 9.78 Å². The molecule has 2 aliphatic heterocycles. The zero-order valence-electron chi connectivity index (χ0n) is 24.1. The molecule has 2 fully saturated rings. The molecule has 0 N–H and O–H groups in total. The highest BCUT2D eigenvalue weighted by Crippen LogP contribution is 2.38. The molecule has 6 rings (SSSR count). The minimum Gasteiger partial charge on any atom is -0.493 e. The quantitative estimate of drug-likeness (QED) is 0.352. The van der Waals surface area contributed by atoms with E-state index >= 15 is 0 Å². The molecular formula is C30H36N6O5. The number of morpholine rings is 1. The topological polar surface area (TPSA) is 104 Å². The average molecular weight is 561 g/mol. The van der Waals surface area contributed by atoms with Crippen molar-refractivity contribution in [1.29, 1.82) is 0 Å². The van der Waals surface area contributed by atoms with Gasteiger partial charge in [0.25, 0.3) is 5.56 Å². The van der Waals surface area contributed by atoms with Crippen molar-refractivity contribution < 1.29 is 14.2 Å². The Labute approximate surface area is 237 Å². The molecule has 2 aromatic heterocycles. The zero-order chi connectivity index (χ0) is 28.7. The Bertz CT molecular complexity index is 1720. The number of ether oxygens (including phenoxy) is 3. The lowest BCUT2D eigenvalue weighted by Gasteiger charge is -2.35. The van der Waals surface area contributed by atoms with Gasteiger partial charge in [0.05, 0.1) is 43.4 Å². The monoisotopic (exact) mass is 560 g/mol. The largest absolute Gasteiger partial charge is 0.493 e. The van der Waals surface area contributed by atoms with Crippen molar-refractivity contribution in [2.45, 2.75) is 32.7 Å². The predicted molar refractivity (Wildman–Crippen MR) is 159 cm³/mol. The summed E-state index contributed by atoms with van der Waals surface area (Å²) >= 11 is 0. The fraction of sp³-hybridized carbons (Fsp3) is 0.467. The number of aryl methyl sites for hydroxylation is 2. The summed E-state index contributed by atoms with van der Waals surface area (Å²) in [5, 5.41) is 1.45. The number of hydrogen-bond donors (Lipinski definition) is 0. The van der Waals surface area contributed by atoms with Crippen LogP contribution >= 0.6 is 0 Å². The molecule has 0 radical (unpaired) electrons. The number of hydrogen-bond acceptors (Lipinski definition) is 9. The molecule has 41 heavy (non-hydrogen) atoms. The molecule has 0 atom stereocenters. The van der Waals surface area contributed by atoms with Crippen LogP contribution in [0.5, 0.6) is 11.5 Å². The summed E-state index contributed by atoms with van der Waals surface area (Å²) in [4.78, 5) is 41.2. The molecule has 11 heteroatoms. The lowest BCUT2D eigenvalue weighted by molar-refractivity contribution is 0.122. The van der Waals surface area contributed by atoms with E-state index in [1.807, 2.05) is 44.2 Å². The van der Waals surface area contributed by atoms with Gasteiger partial charge in [-0.05, 0) is 44.9 Å². The molecule has 4 heterocycles. The number of nitrogens with zero attached hydrogens (tertiary/aromatic N) is 6. The van der Waals surface area contributed by atoms with Crippen LogP contribution in [0.1, 0.15) is 31.4 Å². The lowest BCUT2D eigenvalue weighted by Crippen LogP contribution is -2.45. The first-order valence-corrected chi connectivity index (χ1v) is 14.2. The zero-order valence-corrected chi connectivity index (χ0v) is 24.1. The van der Waals surface area contributed by atoms with Gasteiger partial charge in [0.15, 0.2) is 11.5 Å². The first kappa shape index (κ1) is 27.1. The van der Waals surface area contributed by atoms with Crippen molar-refractivity contribution in [2.24, 2.45) is 7.05 Å². The highest BCUT2D eigenvalue weighted by Gasteiger charge is 2.28. The van der Waals surface area contributed by atoms with E-state index in [9.17, 15) is 9.59 Å². The van der Waals surface area contributed by atoms with Crippen molar-refractivity contribution in [3.63, 3.8) is 0 Å². The van der Waals surface area contributed by atoms with Gasteiger partial charge >= 0.3 is 5.69 Å². The molecule has 11 nitrogen and oxygen atoms in total. The molecule has 0 spiro atoms. The van der Waals surface area contributed by atoms with Crippen molar-refractivity contribution in [2.75, 3.05) is 62.9 Å². The lowest BCUT2D eigenvalue weighted by atomic mass is 10.0. The van der Waals surface area contributed by atoms with Gasteiger partial charge in [0.2, 0.25) is 5.95 Å². The fourth-order valence-electron chi connectivity index (χ4n) is 5.93. The van der Waals surface area contributed by atoms with Crippen LogP contribution in [0, 0.1) is 6.92 Å². The number of piperidine rings is 1. The maximum Gasteiger partial charge on any atom is 0.331 e. The second-order valence-corrected chi connectivity index (χ2v) is 10.7. The summed E-state index contributed by atoms with van der Waals surface area (Å²) in [7, 11) is 3.36. The van der Waals surface area contributed by atoms with E-state index in [0.29, 0.717) is 74.1 Å². The number of rotatable bonds is 6. The molecule has 2 saturated heterocycles. The molecule has 216 valence electrons. The molecule has 4 aromatic rings. The minimum absolute atomic E-state index is 0.201. The SMILES string of the molecule is CCOc1cc2c(N3CCC(n4c(=O)c5cc(C)ccc5n(C)c4=O)CC3)nc(N3CCOCC3)nc2cc1OC. The van der Waals surface area contributed by atoms with Crippen molar-refractivity contribution in [1.82, 2.24) is 19.1 Å². The number of aromatic nitrogens is 4. The molecule has 0 amide bonds. The Balaban J connectivity index is 1.38. The highest BCUT2D eigenvalue weighted by atomic mass is 16.5. The van der Waals surface area contributed by atoms with E-state index in [2.05, 4.69) is 9.80 Å². The van der Waals surface area contributed by atoms with Crippen LogP contribution in [0.15, 0.2) is 39.9 Å². The van der Waals surface area contributed by atoms with Crippen LogP contribution in [0.25, 0.3) is 21.8 Å². The van der Waals surface area contributed by atoms with Crippen molar-refractivity contribution in [3.05, 3.63) is 56.7 Å². The van der Waals surface area contributed by atoms with E-state index in [1.54, 1.807) is 18.7 Å². The van der Waals surface area contributed by atoms with Crippen LogP contribution in [0.2, 0.25) is 0 Å². The standard InChI is InChI=1S/C30H36N6O5/c1-5-41-26-17-21-23(18-25(26)39-4)31-29(35-12-14-40-15-13-35)32-27(21)34-10-8-20(9-11-34)36-28(37)22-16-19(2)6-7-24(22)33(3)30(36)38/h6-7,16-18,20H,5,8-15H2,1-4H3. The summed E-state index contributed by atoms with van der Waals surface area (Å²) in [6.45, 7) is 8.36. The Morgan fingerprint density at radius 3 is 2.41 bits per heavy atom.